The first-order valence-corrected chi connectivity index (χ1v) is 11.0. The summed E-state index contributed by atoms with van der Waals surface area (Å²) in [6, 6.07) is 12.8. The van der Waals surface area contributed by atoms with E-state index in [1.807, 2.05) is 4.90 Å². The molecule has 1 amide bonds. The summed E-state index contributed by atoms with van der Waals surface area (Å²) in [5.41, 5.74) is 0.352. The summed E-state index contributed by atoms with van der Waals surface area (Å²) in [4.78, 5) is 14.3. The predicted octanol–water partition coefficient (Wildman–Crippen LogP) is 2.97. The van der Waals surface area contributed by atoms with Crippen LogP contribution in [0, 0.1) is 0 Å². The highest BCUT2D eigenvalue weighted by Gasteiger charge is 2.31. The van der Waals surface area contributed by atoms with Crippen molar-refractivity contribution in [3.63, 3.8) is 0 Å². The third kappa shape index (κ3) is 7.23. The first-order chi connectivity index (χ1) is 14.6. The van der Waals surface area contributed by atoms with Crippen LogP contribution in [0.25, 0.3) is 0 Å². The van der Waals surface area contributed by atoms with Crippen molar-refractivity contribution in [2.75, 3.05) is 25.0 Å². The molecule has 2 N–H and O–H groups in total. The Bertz CT molecular complexity index is 975. The van der Waals surface area contributed by atoms with E-state index in [0.29, 0.717) is 31.6 Å². The summed E-state index contributed by atoms with van der Waals surface area (Å²) in [5.74, 6) is -0.682. The van der Waals surface area contributed by atoms with Crippen LogP contribution in [-0.2, 0) is 14.8 Å². The molecular formula is C20H22F3N3O4S. The van der Waals surface area contributed by atoms with E-state index in [0.717, 1.165) is 12.1 Å². The third-order valence-corrected chi connectivity index (χ3v) is 6.24. The molecule has 31 heavy (non-hydrogen) atoms. The molecule has 0 bridgehead atoms. The first-order valence-electron chi connectivity index (χ1n) is 9.56. The Balaban J connectivity index is 1.44. The van der Waals surface area contributed by atoms with E-state index in [1.165, 1.54) is 24.3 Å². The van der Waals surface area contributed by atoms with Crippen molar-refractivity contribution in [3.05, 3.63) is 54.6 Å². The molecule has 0 radical (unpaired) electrons. The van der Waals surface area contributed by atoms with Crippen LogP contribution in [0.4, 0.5) is 18.9 Å². The number of ether oxygens (including phenoxy) is 1. The van der Waals surface area contributed by atoms with E-state index < -0.39 is 16.4 Å². The monoisotopic (exact) mass is 457 g/mol. The molecular weight excluding hydrogens is 435 g/mol. The second kappa shape index (κ2) is 9.67. The number of carbonyl (C=O) groups is 1. The normalized spacial score (nSPS) is 16.1. The number of benzene rings is 2. The van der Waals surface area contributed by atoms with E-state index in [-0.39, 0.29) is 29.1 Å². The van der Waals surface area contributed by atoms with Crippen molar-refractivity contribution < 1.29 is 31.1 Å². The van der Waals surface area contributed by atoms with E-state index >= 15 is 0 Å². The minimum Gasteiger partial charge on any atom is -0.406 e. The van der Waals surface area contributed by atoms with Gasteiger partial charge >= 0.3 is 6.36 Å². The number of anilines is 1. The minimum atomic E-state index is -4.77. The Morgan fingerprint density at radius 3 is 2.23 bits per heavy atom. The van der Waals surface area contributed by atoms with Crippen molar-refractivity contribution in [1.82, 2.24) is 9.62 Å². The van der Waals surface area contributed by atoms with Gasteiger partial charge in [0.15, 0.2) is 0 Å². The number of hydrogen-bond acceptors (Lipinski definition) is 5. The maximum absolute atomic E-state index is 12.4. The molecule has 1 fully saturated rings. The summed E-state index contributed by atoms with van der Waals surface area (Å²) in [7, 11) is -3.58. The number of rotatable bonds is 7. The van der Waals surface area contributed by atoms with Crippen LogP contribution >= 0.6 is 0 Å². The number of sulfonamides is 1. The smallest absolute Gasteiger partial charge is 0.406 e. The Labute approximate surface area is 178 Å². The topological polar surface area (TPSA) is 87.7 Å². The van der Waals surface area contributed by atoms with Crippen LogP contribution in [0.1, 0.15) is 12.8 Å². The van der Waals surface area contributed by atoms with Crippen molar-refractivity contribution >= 4 is 21.6 Å². The highest BCUT2D eigenvalue weighted by molar-refractivity contribution is 7.89. The summed E-state index contributed by atoms with van der Waals surface area (Å²) in [6.45, 7) is 1.17. The van der Waals surface area contributed by atoms with Crippen molar-refractivity contribution in [2.45, 2.75) is 30.1 Å². The van der Waals surface area contributed by atoms with Gasteiger partial charge in [-0.25, -0.2) is 13.1 Å². The molecule has 0 aromatic heterocycles. The zero-order chi connectivity index (χ0) is 22.5. The van der Waals surface area contributed by atoms with Gasteiger partial charge < -0.3 is 10.1 Å². The number of halogens is 3. The number of carbonyl (C=O) groups excluding carboxylic acids is 1. The van der Waals surface area contributed by atoms with Gasteiger partial charge in [0.05, 0.1) is 11.4 Å². The summed E-state index contributed by atoms with van der Waals surface area (Å²) in [5, 5.41) is 2.62. The number of nitrogens with zero attached hydrogens (tertiary/aromatic N) is 1. The lowest BCUT2D eigenvalue weighted by molar-refractivity contribution is -0.274. The minimum absolute atomic E-state index is 0.0962. The molecule has 0 atom stereocenters. The second-order valence-corrected chi connectivity index (χ2v) is 8.82. The molecule has 1 aliphatic rings. The molecule has 1 aliphatic heterocycles. The first kappa shape index (κ1) is 23.0. The second-order valence-electron chi connectivity index (χ2n) is 7.11. The van der Waals surface area contributed by atoms with Gasteiger partial charge in [-0.3, -0.25) is 9.69 Å². The van der Waals surface area contributed by atoms with Crippen LogP contribution in [0.3, 0.4) is 0 Å². The van der Waals surface area contributed by atoms with Gasteiger partial charge in [0.25, 0.3) is 0 Å². The maximum Gasteiger partial charge on any atom is 0.573 e. The summed E-state index contributed by atoms with van der Waals surface area (Å²) in [6.07, 6.45) is -3.65. The van der Waals surface area contributed by atoms with E-state index in [2.05, 4.69) is 14.8 Å². The van der Waals surface area contributed by atoms with Gasteiger partial charge in [0.1, 0.15) is 5.75 Å². The lowest BCUT2D eigenvalue weighted by Crippen LogP contribution is -2.46. The zero-order valence-corrected chi connectivity index (χ0v) is 17.2. The number of amides is 1. The van der Waals surface area contributed by atoms with Gasteiger partial charge in [-0.05, 0) is 49.2 Å². The van der Waals surface area contributed by atoms with Crippen LogP contribution in [-0.4, -0.2) is 51.3 Å². The van der Waals surface area contributed by atoms with Gasteiger partial charge in [-0.2, -0.15) is 0 Å². The molecule has 3 rings (SSSR count). The van der Waals surface area contributed by atoms with E-state index in [9.17, 15) is 26.4 Å². The van der Waals surface area contributed by atoms with Crippen LogP contribution < -0.4 is 14.8 Å². The molecule has 1 heterocycles. The molecule has 11 heteroatoms. The molecule has 7 nitrogen and oxygen atoms in total. The quantitative estimate of drug-likeness (QED) is 0.668. The average Bonchev–Trinajstić information content (AvgIpc) is 2.70. The van der Waals surface area contributed by atoms with E-state index in [1.54, 1.807) is 18.2 Å². The zero-order valence-electron chi connectivity index (χ0n) is 16.4. The predicted molar refractivity (Wildman–Crippen MR) is 108 cm³/mol. The highest BCUT2D eigenvalue weighted by Crippen LogP contribution is 2.24. The highest BCUT2D eigenvalue weighted by atomic mass is 32.2. The number of nitrogens with one attached hydrogen (secondary N) is 2. The van der Waals surface area contributed by atoms with Gasteiger partial charge in [0.2, 0.25) is 15.9 Å². The number of piperidine rings is 1. The third-order valence-electron chi connectivity index (χ3n) is 4.70. The average molecular weight is 457 g/mol. The van der Waals surface area contributed by atoms with Crippen LogP contribution in [0.2, 0.25) is 0 Å². The fraction of sp³-hybridized carbons (Fsp3) is 0.350. The lowest BCUT2D eigenvalue weighted by atomic mass is 10.1. The Kier molecular flexibility index (Phi) is 7.19. The van der Waals surface area contributed by atoms with Gasteiger partial charge in [-0.1, -0.05) is 18.2 Å². The summed E-state index contributed by atoms with van der Waals surface area (Å²) >= 11 is 0. The Hall–Kier alpha value is -2.63. The fourth-order valence-corrected chi connectivity index (χ4v) is 4.57. The maximum atomic E-state index is 12.4. The molecule has 2 aromatic carbocycles. The largest absolute Gasteiger partial charge is 0.573 e. The SMILES string of the molecule is O=C(CN1CCC(NS(=O)(=O)c2ccccc2)CC1)Nc1ccc(OC(F)(F)F)cc1. The van der Waals surface area contributed by atoms with Gasteiger partial charge in [0, 0.05) is 24.8 Å². The molecule has 1 saturated heterocycles. The molecule has 0 aliphatic carbocycles. The van der Waals surface area contributed by atoms with Crippen molar-refractivity contribution in [2.24, 2.45) is 0 Å². The molecule has 2 aromatic rings. The standard InChI is InChI=1S/C20H22F3N3O4S/c21-20(22,23)30-17-8-6-15(7-9-17)24-19(27)14-26-12-10-16(11-13-26)25-31(28,29)18-4-2-1-3-5-18/h1-9,16,25H,10-14H2,(H,24,27). The molecule has 0 spiro atoms. The van der Waals surface area contributed by atoms with Crippen molar-refractivity contribution in [1.29, 1.82) is 0 Å². The van der Waals surface area contributed by atoms with Crippen LogP contribution in [0.15, 0.2) is 59.5 Å². The Morgan fingerprint density at radius 2 is 1.65 bits per heavy atom. The molecule has 0 unspecified atom stereocenters. The number of likely N-dealkylation sites (tertiary alicyclic amines) is 1. The van der Waals surface area contributed by atoms with Crippen molar-refractivity contribution in [3.8, 4) is 5.75 Å². The Morgan fingerprint density at radius 1 is 1.03 bits per heavy atom. The van der Waals surface area contributed by atoms with Crippen LogP contribution in [0.5, 0.6) is 5.75 Å². The fourth-order valence-electron chi connectivity index (χ4n) is 3.24. The van der Waals surface area contributed by atoms with E-state index in [4.69, 9.17) is 0 Å². The number of hydrogen-bond donors (Lipinski definition) is 2. The lowest BCUT2D eigenvalue weighted by Gasteiger charge is -2.31. The summed E-state index contributed by atoms with van der Waals surface area (Å²) < 4.78 is 67.8. The molecule has 0 saturated carbocycles. The van der Waals surface area contributed by atoms with Gasteiger partial charge in [-0.15, -0.1) is 13.2 Å². The molecule has 168 valence electrons. The number of alkyl halides is 3.